The van der Waals surface area contributed by atoms with Gasteiger partial charge in [-0.15, -0.1) is 5.10 Å². The van der Waals surface area contributed by atoms with Gasteiger partial charge in [0.25, 0.3) is 5.91 Å². The molecule has 1 aromatic carbocycles. The maximum absolute atomic E-state index is 12.3. The molecule has 2 aromatic heterocycles. The second kappa shape index (κ2) is 9.64. The van der Waals surface area contributed by atoms with E-state index in [-0.39, 0.29) is 6.04 Å². The Labute approximate surface area is 174 Å². The van der Waals surface area contributed by atoms with Crippen LogP contribution >= 0.6 is 0 Å². The molecule has 9 heteroatoms. The third-order valence-corrected chi connectivity index (χ3v) is 4.21. The van der Waals surface area contributed by atoms with Gasteiger partial charge in [-0.25, -0.2) is 14.2 Å². The Morgan fingerprint density at radius 3 is 2.67 bits per heavy atom. The highest BCUT2D eigenvalue weighted by Gasteiger charge is 2.18. The molecule has 0 radical (unpaired) electrons. The van der Waals surface area contributed by atoms with Crippen LogP contribution in [0.15, 0.2) is 54.9 Å². The number of hydrogen-bond acceptors (Lipinski definition) is 6. The Kier molecular flexibility index (Phi) is 6.74. The van der Waals surface area contributed by atoms with Gasteiger partial charge >= 0.3 is 5.97 Å². The number of aromatic nitrogens is 5. The van der Waals surface area contributed by atoms with Gasteiger partial charge in [0, 0.05) is 18.2 Å². The maximum atomic E-state index is 12.3. The van der Waals surface area contributed by atoms with Gasteiger partial charge in [-0.2, -0.15) is 5.10 Å². The van der Waals surface area contributed by atoms with Gasteiger partial charge in [-0.05, 0) is 32.4 Å². The van der Waals surface area contributed by atoms with E-state index in [9.17, 15) is 9.59 Å². The van der Waals surface area contributed by atoms with Crippen LogP contribution in [-0.2, 0) is 20.9 Å². The fourth-order valence-electron chi connectivity index (χ4n) is 2.71. The first-order chi connectivity index (χ1) is 14.4. The number of carbonyl (C=O) groups is 2. The van der Waals surface area contributed by atoms with Crippen LogP contribution < -0.4 is 5.32 Å². The third kappa shape index (κ3) is 5.63. The molecule has 0 spiro atoms. The Hall–Kier alpha value is -3.75. The molecule has 1 atom stereocenters. The SMILES string of the molecule is CC(C)n1nccc1NC(=O)[C@@H](C)OC(=O)/C=C/c1cn(Cc2ccccc2)nn1. The van der Waals surface area contributed by atoms with Crippen LogP contribution in [0.5, 0.6) is 0 Å². The summed E-state index contributed by atoms with van der Waals surface area (Å²) in [6.45, 7) is 5.99. The van der Waals surface area contributed by atoms with Crippen molar-refractivity contribution in [2.24, 2.45) is 0 Å². The van der Waals surface area contributed by atoms with E-state index >= 15 is 0 Å². The number of rotatable bonds is 8. The van der Waals surface area contributed by atoms with Crippen LogP contribution in [0.2, 0.25) is 0 Å². The molecule has 3 aromatic rings. The number of hydrogen-bond donors (Lipinski definition) is 1. The second-order valence-electron chi connectivity index (χ2n) is 6.98. The van der Waals surface area contributed by atoms with Crippen molar-refractivity contribution in [2.75, 3.05) is 5.32 Å². The molecular formula is C21H24N6O3. The Balaban J connectivity index is 1.51. The van der Waals surface area contributed by atoms with E-state index in [1.165, 1.54) is 19.1 Å². The van der Waals surface area contributed by atoms with Crippen LogP contribution in [0.3, 0.4) is 0 Å². The van der Waals surface area contributed by atoms with Crippen molar-refractivity contribution >= 4 is 23.8 Å². The number of benzene rings is 1. The van der Waals surface area contributed by atoms with E-state index in [0.29, 0.717) is 18.1 Å². The van der Waals surface area contributed by atoms with Crippen LogP contribution in [0, 0.1) is 0 Å². The lowest BCUT2D eigenvalue weighted by Gasteiger charge is -2.15. The monoisotopic (exact) mass is 408 g/mol. The van der Waals surface area contributed by atoms with Gasteiger partial charge in [0.2, 0.25) is 0 Å². The van der Waals surface area contributed by atoms with E-state index in [4.69, 9.17) is 4.74 Å². The number of nitrogens with zero attached hydrogens (tertiary/aromatic N) is 5. The molecule has 1 N–H and O–H groups in total. The highest BCUT2D eigenvalue weighted by Crippen LogP contribution is 2.13. The maximum Gasteiger partial charge on any atom is 0.331 e. The minimum atomic E-state index is -0.966. The zero-order chi connectivity index (χ0) is 21.5. The van der Waals surface area contributed by atoms with E-state index in [2.05, 4.69) is 20.7 Å². The summed E-state index contributed by atoms with van der Waals surface area (Å²) in [5.41, 5.74) is 1.61. The first-order valence-electron chi connectivity index (χ1n) is 9.59. The number of anilines is 1. The fourth-order valence-corrected chi connectivity index (χ4v) is 2.71. The van der Waals surface area contributed by atoms with Crippen molar-refractivity contribution < 1.29 is 14.3 Å². The standard InChI is InChI=1S/C21H24N6O3/c1-15(2)27-19(11-12-22-27)23-21(29)16(3)30-20(28)10-9-18-14-26(25-24-18)13-17-7-5-4-6-8-17/h4-12,14-16H,13H2,1-3H3,(H,23,29)/b10-9+/t16-/m1/s1. The first kappa shape index (κ1) is 21.0. The minimum Gasteiger partial charge on any atom is -0.449 e. The summed E-state index contributed by atoms with van der Waals surface area (Å²) in [6, 6.07) is 11.6. The van der Waals surface area contributed by atoms with Gasteiger partial charge in [-0.3, -0.25) is 4.79 Å². The predicted molar refractivity (Wildman–Crippen MR) is 111 cm³/mol. The Bertz CT molecular complexity index is 1020. The summed E-state index contributed by atoms with van der Waals surface area (Å²) in [5.74, 6) is -0.538. The van der Waals surface area contributed by atoms with Crippen molar-refractivity contribution in [1.29, 1.82) is 0 Å². The number of esters is 1. The average Bonchev–Trinajstić information content (AvgIpc) is 3.36. The molecule has 2 heterocycles. The molecule has 0 saturated carbocycles. The first-order valence-corrected chi connectivity index (χ1v) is 9.59. The highest BCUT2D eigenvalue weighted by atomic mass is 16.5. The van der Waals surface area contributed by atoms with Crippen molar-refractivity contribution in [2.45, 2.75) is 39.5 Å². The smallest absolute Gasteiger partial charge is 0.331 e. The molecule has 0 unspecified atom stereocenters. The number of carbonyl (C=O) groups excluding carboxylic acids is 2. The summed E-state index contributed by atoms with van der Waals surface area (Å²) in [4.78, 5) is 24.3. The molecule has 0 aliphatic heterocycles. The van der Waals surface area contributed by atoms with Crippen molar-refractivity contribution in [3.63, 3.8) is 0 Å². The number of amides is 1. The molecule has 156 valence electrons. The zero-order valence-electron chi connectivity index (χ0n) is 17.1. The molecule has 0 bridgehead atoms. The molecule has 0 saturated heterocycles. The van der Waals surface area contributed by atoms with Crippen LogP contribution in [0.25, 0.3) is 6.08 Å². The van der Waals surface area contributed by atoms with Gasteiger partial charge in [0.1, 0.15) is 11.5 Å². The molecule has 0 fully saturated rings. The number of ether oxygens (including phenoxy) is 1. The second-order valence-corrected chi connectivity index (χ2v) is 6.98. The van der Waals surface area contributed by atoms with Crippen LogP contribution in [0.4, 0.5) is 5.82 Å². The summed E-state index contributed by atoms with van der Waals surface area (Å²) in [5, 5.41) is 14.9. The van der Waals surface area contributed by atoms with Gasteiger partial charge in [-0.1, -0.05) is 35.5 Å². The predicted octanol–water partition coefficient (Wildman–Crippen LogP) is 2.69. The Morgan fingerprint density at radius 1 is 1.17 bits per heavy atom. The normalized spacial score (nSPS) is 12.3. The highest BCUT2D eigenvalue weighted by molar-refractivity contribution is 5.96. The van der Waals surface area contributed by atoms with E-state index in [0.717, 1.165) is 5.56 Å². The lowest BCUT2D eigenvalue weighted by Crippen LogP contribution is -2.30. The molecule has 30 heavy (non-hydrogen) atoms. The molecule has 0 aliphatic rings. The van der Waals surface area contributed by atoms with E-state index in [1.807, 2.05) is 44.2 Å². The van der Waals surface area contributed by atoms with Crippen molar-refractivity contribution in [3.8, 4) is 0 Å². The summed E-state index contributed by atoms with van der Waals surface area (Å²) < 4.78 is 8.51. The molecular weight excluding hydrogens is 384 g/mol. The van der Waals surface area contributed by atoms with Crippen molar-refractivity contribution in [1.82, 2.24) is 24.8 Å². The molecule has 1 amide bonds. The lowest BCUT2D eigenvalue weighted by molar-refractivity contribution is -0.148. The van der Waals surface area contributed by atoms with Gasteiger partial charge in [0.15, 0.2) is 6.10 Å². The van der Waals surface area contributed by atoms with Gasteiger partial charge in [0.05, 0.1) is 18.9 Å². The average molecular weight is 408 g/mol. The quantitative estimate of drug-likeness (QED) is 0.454. The van der Waals surface area contributed by atoms with Crippen LogP contribution in [-0.4, -0.2) is 42.8 Å². The summed E-state index contributed by atoms with van der Waals surface area (Å²) in [6.07, 6.45) is 5.07. The molecule has 9 nitrogen and oxygen atoms in total. The minimum absolute atomic E-state index is 0.0893. The largest absolute Gasteiger partial charge is 0.449 e. The number of nitrogens with one attached hydrogen (secondary N) is 1. The van der Waals surface area contributed by atoms with Gasteiger partial charge < -0.3 is 10.1 Å². The van der Waals surface area contributed by atoms with E-state index in [1.54, 1.807) is 27.8 Å². The fraction of sp³-hybridized carbons (Fsp3) is 0.286. The Morgan fingerprint density at radius 2 is 1.93 bits per heavy atom. The summed E-state index contributed by atoms with van der Waals surface area (Å²) >= 11 is 0. The topological polar surface area (TPSA) is 104 Å². The van der Waals surface area contributed by atoms with E-state index < -0.39 is 18.0 Å². The zero-order valence-corrected chi connectivity index (χ0v) is 17.1. The van der Waals surface area contributed by atoms with Crippen LogP contribution in [0.1, 0.15) is 38.1 Å². The third-order valence-electron chi connectivity index (χ3n) is 4.21. The molecule has 3 rings (SSSR count). The molecule has 0 aliphatic carbocycles. The lowest BCUT2D eigenvalue weighted by atomic mass is 10.2. The summed E-state index contributed by atoms with van der Waals surface area (Å²) in [7, 11) is 0. The van der Waals surface area contributed by atoms with Crippen molar-refractivity contribution in [3.05, 3.63) is 66.1 Å².